The van der Waals surface area contributed by atoms with Gasteiger partial charge >= 0.3 is 0 Å². The summed E-state index contributed by atoms with van der Waals surface area (Å²) in [5.41, 5.74) is 5.73. The molecule has 42 heavy (non-hydrogen) atoms. The summed E-state index contributed by atoms with van der Waals surface area (Å²) in [6, 6.07) is 30.7. The molecule has 1 aromatic heterocycles. The molecular weight excluding hydrogens is 549 g/mol. The molecule has 0 spiro atoms. The van der Waals surface area contributed by atoms with Crippen LogP contribution in [-0.4, -0.2) is 34.7 Å². The summed E-state index contributed by atoms with van der Waals surface area (Å²) in [6.45, 7) is 2.32. The Balaban J connectivity index is 1.05. The zero-order valence-corrected chi connectivity index (χ0v) is 23.7. The average molecular weight is 578 g/mol. The van der Waals surface area contributed by atoms with E-state index in [1.807, 2.05) is 78.9 Å². The number of aromatic nitrogens is 1. The SMILES string of the molecule is O=C(Nc1ccc2nc(CN3CCC(C(=O)c4ccc(F)cc4)CC3)ccc2c1)c1ccc(-c2ccc(Cl)cc2)cc1. The Bertz CT molecular complexity index is 1730. The van der Waals surface area contributed by atoms with Crippen LogP contribution in [0.25, 0.3) is 22.0 Å². The van der Waals surface area contributed by atoms with Gasteiger partial charge in [0.1, 0.15) is 5.82 Å². The van der Waals surface area contributed by atoms with Crippen molar-refractivity contribution in [3.63, 3.8) is 0 Å². The van der Waals surface area contributed by atoms with E-state index in [0.29, 0.717) is 28.4 Å². The Morgan fingerprint density at radius 1 is 0.810 bits per heavy atom. The van der Waals surface area contributed by atoms with Crippen LogP contribution in [0.3, 0.4) is 0 Å². The van der Waals surface area contributed by atoms with Crippen molar-refractivity contribution < 1.29 is 14.0 Å². The van der Waals surface area contributed by atoms with Crippen molar-refractivity contribution in [1.29, 1.82) is 0 Å². The third kappa shape index (κ3) is 6.40. The monoisotopic (exact) mass is 577 g/mol. The molecule has 1 N–H and O–H groups in total. The first-order valence-corrected chi connectivity index (χ1v) is 14.4. The van der Waals surface area contributed by atoms with Crippen molar-refractivity contribution in [1.82, 2.24) is 9.88 Å². The largest absolute Gasteiger partial charge is 0.322 e. The summed E-state index contributed by atoms with van der Waals surface area (Å²) in [5.74, 6) is -0.451. The molecule has 5 aromatic rings. The highest BCUT2D eigenvalue weighted by atomic mass is 35.5. The number of amides is 1. The summed E-state index contributed by atoms with van der Waals surface area (Å²) < 4.78 is 13.2. The van der Waals surface area contributed by atoms with Crippen molar-refractivity contribution in [2.24, 2.45) is 5.92 Å². The summed E-state index contributed by atoms with van der Waals surface area (Å²) in [6.07, 6.45) is 1.55. The number of nitrogens with one attached hydrogen (secondary N) is 1. The van der Waals surface area contributed by atoms with Crippen molar-refractivity contribution in [2.75, 3.05) is 18.4 Å². The lowest BCUT2D eigenvalue weighted by Gasteiger charge is -2.31. The van der Waals surface area contributed by atoms with E-state index >= 15 is 0 Å². The highest BCUT2D eigenvalue weighted by Gasteiger charge is 2.26. The van der Waals surface area contributed by atoms with Crippen molar-refractivity contribution >= 4 is 39.9 Å². The highest BCUT2D eigenvalue weighted by molar-refractivity contribution is 6.30. The molecule has 1 aliphatic rings. The van der Waals surface area contributed by atoms with E-state index in [2.05, 4.69) is 10.2 Å². The van der Waals surface area contributed by atoms with Gasteiger partial charge < -0.3 is 5.32 Å². The molecule has 0 unspecified atom stereocenters. The summed E-state index contributed by atoms with van der Waals surface area (Å²) in [7, 11) is 0. The molecule has 0 radical (unpaired) electrons. The quantitative estimate of drug-likeness (QED) is 0.199. The van der Waals surface area contributed by atoms with Crippen LogP contribution >= 0.6 is 11.6 Å². The lowest BCUT2D eigenvalue weighted by atomic mass is 9.89. The van der Waals surface area contributed by atoms with Gasteiger partial charge in [-0.15, -0.1) is 0 Å². The zero-order valence-electron chi connectivity index (χ0n) is 22.9. The third-order valence-electron chi connectivity index (χ3n) is 7.80. The standard InChI is InChI=1S/C35H29ClFN3O2/c36-29-10-5-24(6-11-29)23-1-3-27(4-2-23)35(42)39-31-15-16-33-28(21-31)9-14-32(38-33)22-40-19-17-26(18-20-40)34(41)25-7-12-30(37)13-8-25/h1-16,21,26H,17-20,22H2,(H,39,42). The molecule has 1 fully saturated rings. The van der Waals surface area contributed by atoms with Gasteiger partial charge in [-0.05, 0) is 110 Å². The number of Topliss-reactive ketones (excluding diaryl/α,β-unsaturated/α-hetero) is 1. The van der Waals surface area contributed by atoms with Gasteiger partial charge in [0.15, 0.2) is 5.78 Å². The number of hydrogen-bond acceptors (Lipinski definition) is 4. The number of pyridine rings is 1. The number of anilines is 1. The van der Waals surface area contributed by atoms with Gasteiger partial charge in [0, 0.05) is 39.7 Å². The van der Waals surface area contributed by atoms with Crippen molar-refractivity contribution in [3.05, 3.63) is 131 Å². The van der Waals surface area contributed by atoms with E-state index in [1.165, 1.54) is 12.1 Å². The first-order chi connectivity index (χ1) is 20.4. The predicted octanol–water partition coefficient (Wildman–Crippen LogP) is 8.04. The number of benzene rings is 4. The van der Waals surface area contributed by atoms with Gasteiger partial charge in [-0.2, -0.15) is 0 Å². The minimum Gasteiger partial charge on any atom is -0.322 e. The Morgan fingerprint density at radius 3 is 2.14 bits per heavy atom. The molecule has 1 aliphatic heterocycles. The predicted molar refractivity (Wildman–Crippen MR) is 165 cm³/mol. The molecular formula is C35H29ClFN3O2. The topological polar surface area (TPSA) is 62.3 Å². The Labute approximate surface area is 249 Å². The molecule has 0 bridgehead atoms. The second-order valence-corrected chi connectivity index (χ2v) is 11.1. The smallest absolute Gasteiger partial charge is 0.255 e. The van der Waals surface area contributed by atoms with E-state index in [9.17, 15) is 14.0 Å². The maximum absolute atomic E-state index is 13.2. The maximum Gasteiger partial charge on any atom is 0.255 e. The number of ketones is 1. The molecule has 1 amide bonds. The molecule has 1 saturated heterocycles. The number of piperidine rings is 1. The van der Waals surface area contributed by atoms with Crippen LogP contribution in [0.5, 0.6) is 0 Å². The second-order valence-electron chi connectivity index (χ2n) is 10.7. The van der Waals surface area contributed by atoms with Crippen LogP contribution in [-0.2, 0) is 6.54 Å². The van der Waals surface area contributed by atoms with Crippen molar-refractivity contribution in [3.8, 4) is 11.1 Å². The van der Waals surface area contributed by atoms with E-state index in [-0.39, 0.29) is 23.4 Å². The fourth-order valence-corrected chi connectivity index (χ4v) is 5.55. The van der Waals surface area contributed by atoms with Gasteiger partial charge in [0.05, 0.1) is 11.2 Å². The number of nitrogens with zero attached hydrogens (tertiary/aromatic N) is 2. The number of carbonyl (C=O) groups is 2. The molecule has 2 heterocycles. The van der Waals surface area contributed by atoms with E-state index in [1.54, 1.807) is 12.1 Å². The number of rotatable bonds is 7. The summed E-state index contributed by atoms with van der Waals surface area (Å²) in [4.78, 5) is 32.8. The number of carbonyl (C=O) groups excluding carboxylic acids is 2. The van der Waals surface area contributed by atoms with Crippen LogP contribution in [0, 0.1) is 11.7 Å². The molecule has 7 heteroatoms. The average Bonchev–Trinajstić information content (AvgIpc) is 3.02. The molecule has 0 aliphatic carbocycles. The first-order valence-electron chi connectivity index (χ1n) is 14.0. The fraction of sp³-hybridized carbons (Fsp3) is 0.171. The number of hydrogen-bond donors (Lipinski definition) is 1. The highest BCUT2D eigenvalue weighted by Crippen LogP contribution is 2.25. The van der Waals surface area contributed by atoms with Gasteiger partial charge in [0.25, 0.3) is 5.91 Å². The van der Waals surface area contributed by atoms with Crippen LogP contribution in [0.2, 0.25) is 5.02 Å². The van der Waals surface area contributed by atoms with E-state index in [4.69, 9.17) is 16.6 Å². The lowest BCUT2D eigenvalue weighted by Crippen LogP contribution is -2.36. The Morgan fingerprint density at radius 2 is 1.45 bits per heavy atom. The normalized spacial score (nSPS) is 14.1. The van der Waals surface area contributed by atoms with Crippen LogP contribution in [0.4, 0.5) is 10.1 Å². The van der Waals surface area contributed by atoms with Crippen LogP contribution in [0.1, 0.15) is 39.3 Å². The molecule has 5 nitrogen and oxygen atoms in total. The van der Waals surface area contributed by atoms with Gasteiger partial charge in [-0.25, -0.2) is 4.39 Å². The van der Waals surface area contributed by atoms with Crippen LogP contribution in [0.15, 0.2) is 103 Å². The summed E-state index contributed by atoms with van der Waals surface area (Å²) >= 11 is 5.98. The molecule has 6 rings (SSSR count). The zero-order chi connectivity index (χ0) is 29.1. The fourth-order valence-electron chi connectivity index (χ4n) is 5.43. The minimum atomic E-state index is -0.331. The first kappa shape index (κ1) is 27.8. The van der Waals surface area contributed by atoms with E-state index in [0.717, 1.165) is 53.7 Å². The Hall–Kier alpha value is -4.39. The number of fused-ring (bicyclic) bond motifs is 1. The number of halogens is 2. The third-order valence-corrected chi connectivity index (χ3v) is 8.05. The Kier molecular flexibility index (Phi) is 8.08. The van der Waals surface area contributed by atoms with Gasteiger partial charge in [-0.1, -0.05) is 41.9 Å². The van der Waals surface area contributed by atoms with E-state index < -0.39 is 0 Å². The van der Waals surface area contributed by atoms with Gasteiger partial charge in [0.2, 0.25) is 0 Å². The molecule has 0 saturated carbocycles. The van der Waals surface area contributed by atoms with Gasteiger partial charge in [-0.3, -0.25) is 19.5 Å². The molecule has 4 aromatic carbocycles. The van der Waals surface area contributed by atoms with Crippen molar-refractivity contribution in [2.45, 2.75) is 19.4 Å². The lowest BCUT2D eigenvalue weighted by molar-refractivity contribution is 0.0833. The number of likely N-dealkylation sites (tertiary alicyclic amines) is 1. The maximum atomic E-state index is 13.2. The molecule has 210 valence electrons. The second kappa shape index (κ2) is 12.2. The molecule has 0 atom stereocenters. The summed E-state index contributed by atoms with van der Waals surface area (Å²) in [5, 5.41) is 4.62. The van der Waals surface area contributed by atoms with Crippen LogP contribution < -0.4 is 5.32 Å². The minimum absolute atomic E-state index is 0.0358.